The summed E-state index contributed by atoms with van der Waals surface area (Å²) in [4.78, 5) is 0. The SMILES string of the molecule is CCNC(c1cc(Br)ccc1F)C1CCCC1(C)C. The standard InChI is InChI=1S/C16H23BrFN/c1-4-19-15(13-6-5-9-16(13,2)3)12-10-11(17)7-8-14(12)18/h7-8,10,13,15,19H,4-6,9H2,1-3H3. The number of benzene rings is 1. The Morgan fingerprint density at radius 2 is 2.21 bits per heavy atom. The first kappa shape index (κ1) is 15.0. The van der Waals surface area contributed by atoms with Gasteiger partial charge in [-0.25, -0.2) is 4.39 Å². The van der Waals surface area contributed by atoms with Crippen LogP contribution in [0.1, 0.15) is 51.6 Å². The van der Waals surface area contributed by atoms with Crippen molar-refractivity contribution in [1.82, 2.24) is 5.32 Å². The van der Waals surface area contributed by atoms with E-state index in [0.717, 1.165) is 16.6 Å². The lowest BCUT2D eigenvalue weighted by molar-refractivity contribution is 0.196. The normalized spacial score (nSPS) is 23.5. The molecule has 2 rings (SSSR count). The molecule has 0 saturated heterocycles. The molecule has 1 aromatic carbocycles. The maximum Gasteiger partial charge on any atom is 0.128 e. The van der Waals surface area contributed by atoms with Crippen molar-refractivity contribution >= 4 is 15.9 Å². The minimum Gasteiger partial charge on any atom is -0.310 e. The molecule has 1 N–H and O–H groups in total. The van der Waals surface area contributed by atoms with Gasteiger partial charge in [0.2, 0.25) is 0 Å². The molecule has 1 fully saturated rings. The van der Waals surface area contributed by atoms with Crippen LogP contribution in [0.4, 0.5) is 4.39 Å². The lowest BCUT2D eigenvalue weighted by Crippen LogP contribution is -2.34. The zero-order valence-electron chi connectivity index (χ0n) is 12.0. The highest BCUT2D eigenvalue weighted by atomic mass is 79.9. The molecule has 106 valence electrons. The largest absolute Gasteiger partial charge is 0.310 e. The first-order valence-electron chi connectivity index (χ1n) is 7.14. The molecule has 0 aromatic heterocycles. The second kappa shape index (κ2) is 5.92. The van der Waals surface area contributed by atoms with Crippen molar-refractivity contribution in [3.63, 3.8) is 0 Å². The lowest BCUT2D eigenvalue weighted by atomic mass is 9.75. The molecule has 1 nitrogen and oxygen atoms in total. The lowest BCUT2D eigenvalue weighted by Gasteiger charge is -2.35. The maximum absolute atomic E-state index is 14.2. The van der Waals surface area contributed by atoms with Crippen LogP contribution in [0.2, 0.25) is 0 Å². The van der Waals surface area contributed by atoms with E-state index in [9.17, 15) is 4.39 Å². The van der Waals surface area contributed by atoms with E-state index in [4.69, 9.17) is 0 Å². The van der Waals surface area contributed by atoms with Crippen LogP contribution in [0, 0.1) is 17.2 Å². The third kappa shape index (κ3) is 3.19. The Hall–Kier alpha value is -0.410. The first-order chi connectivity index (χ1) is 8.95. The molecule has 1 aliphatic carbocycles. The fourth-order valence-corrected chi connectivity index (χ4v) is 3.79. The zero-order valence-corrected chi connectivity index (χ0v) is 13.6. The van der Waals surface area contributed by atoms with Gasteiger partial charge in [0.25, 0.3) is 0 Å². The van der Waals surface area contributed by atoms with Crippen molar-refractivity contribution in [1.29, 1.82) is 0 Å². The molecule has 1 aromatic rings. The molecule has 2 atom stereocenters. The molecule has 2 unspecified atom stereocenters. The molecule has 0 radical (unpaired) electrons. The fraction of sp³-hybridized carbons (Fsp3) is 0.625. The molecule has 0 bridgehead atoms. The summed E-state index contributed by atoms with van der Waals surface area (Å²) in [5, 5.41) is 3.50. The van der Waals surface area contributed by atoms with Gasteiger partial charge in [0.1, 0.15) is 5.82 Å². The van der Waals surface area contributed by atoms with Crippen LogP contribution in [-0.2, 0) is 0 Å². The maximum atomic E-state index is 14.2. The molecule has 1 saturated carbocycles. The van der Waals surface area contributed by atoms with Gasteiger partial charge in [-0.15, -0.1) is 0 Å². The fourth-order valence-electron chi connectivity index (χ4n) is 3.41. The Morgan fingerprint density at radius 1 is 1.47 bits per heavy atom. The van der Waals surface area contributed by atoms with E-state index >= 15 is 0 Å². The molecule has 0 aliphatic heterocycles. The Morgan fingerprint density at radius 3 is 2.79 bits per heavy atom. The number of hydrogen-bond acceptors (Lipinski definition) is 1. The van der Waals surface area contributed by atoms with Crippen LogP contribution in [0.15, 0.2) is 22.7 Å². The van der Waals surface area contributed by atoms with Crippen molar-refractivity contribution in [3.8, 4) is 0 Å². The highest BCUT2D eigenvalue weighted by Gasteiger charge is 2.40. The van der Waals surface area contributed by atoms with Gasteiger partial charge in [-0.05, 0) is 48.9 Å². The van der Waals surface area contributed by atoms with Crippen LogP contribution in [-0.4, -0.2) is 6.54 Å². The van der Waals surface area contributed by atoms with E-state index in [-0.39, 0.29) is 17.3 Å². The smallest absolute Gasteiger partial charge is 0.128 e. The Kier molecular flexibility index (Phi) is 4.67. The molecule has 3 heteroatoms. The average molecular weight is 328 g/mol. The summed E-state index contributed by atoms with van der Waals surface area (Å²) in [6.45, 7) is 7.57. The third-order valence-corrected chi connectivity index (χ3v) is 4.95. The zero-order chi connectivity index (χ0) is 14.0. The number of halogens is 2. The van der Waals surface area contributed by atoms with Crippen LogP contribution in [0.5, 0.6) is 0 Å². The van der Waals surface area contributed by atoms with E-state index in [1.165, 1.54) is 19.3 Å². The summed E-state index contributed by atoms with van der Waals surface area (Å²) in [5.74, 6) is 0.396. The van der Waals surface area contributed by atoms with E-state index < -0.39 is 0 Å². The Labute approximate surface area is 124 Å². The molecule has 0 heterocycles. The monoisotopic (exact) mass is 327 g/mol. The molecule has 0 amide bonds. The van der Waals surface area contributed by atoms with Crippen molar-refractivity contribution in [2.45, 2.75) is 46.1 Å². The number of hydrogen-bond donors (Lipinski definition) is 1. The van der Waals surface area contributed by atoms with E-state index in [2.05, 4.69) is 42.0 Å². The summed E-state index contributed by atoms with van der Waals surface area (Å²) in [5.41, 5.74) is 1.08. The van der Waals surface area contributed by atoms with Crippen molar-refractivity contribution in [3.05, 3.63) is 34.1 Å². The summed E-state index contributed by atoms with van der Waals surface area (Å²) in [6.07, 6.45) is 3.65. The third-order valence-electron chi connectivity index (χ3n) is 4.46. The van der Waals surface area contributed by atoms with E-state index in [0.29, 0.717) is 5.92 Å². The minimum absolute atomic E-state index is 0.100. The molecular formula is C16H23BrFN. The van der Waals surface area contributed by atoms with Gasteiger partial charge in [0.05, 0.1) is 0 Å². The van der Waals surface area contributed by atoms with Crippen LogP contribution >= 0.6 is 15.9 Å². The van der Waals surface area contributed by atoms with Gasteiger partial charge < -0.3 is 5.32 Å². The Bertz CT molecular complexity index is 444. The van der Waals surface area contributed by atoms with Gasteiger partial charge in [0, 0.05) is 16.1 Å². The van der Waals surface area contributed by atoms with E-state index in [1.807, 2.05) is 6.07 Å². The molecule has 19 heavy (non-hydrogen) atoms. The van der Waals surface area contributed by atoms with Crippen molar-refractivity contribution in [2.24, 2.45) is 11.3 Å². The molecular weight excluding hydrogens is 305 g/mol. The van der Waals surface area contributed by atoms with E-state index in [1.54, 1.807) is 12.1 Å². The minimum atomic E-state index is -0.100. The predicted octanol–water partition coefficient (Wildman–Crippen LogP) is 5.07. The van der Waals surface area contributed by atoms with Gasteiger partial charge in [-0.3, -0.25) is 0 Å². The summed E-state index contributed by atoms with van der Waals surface area (Å²) in [7, 11) is 0. The number of rotatable bonds is 4. The van der Waals surface area contributed by atoms with Gasteiger partial charge >= 0.3 is 0 Å². The number of nitrogens with one attached hydrogen (secondary N) is 1. The average Bonchev–Trinajstić information content (AvgIpc) is 2.69. The van der Waals surface area contributed by atoms with Gasteiger partial charge in [-0.2, -0.15) is 0 Å². The molecule has 1 aliphatic rings. The van der Waals surface area contributed by atoms with Crippen molar-refractivity contribution in [2.75, 3.05) is 6.54 Å². The highest BCUT2D eigenvalue weighted by Crippen LogP contribution is 2.49. The van der Waals surface area contributed by atoms with Gasteiger partial charge in [0.15, 0.2) is 0 Å². The quantitative estimate of drug-likeness (QED) is 0.814. The van der Waals surface area contributed by atoms with Crippen LogP contribution in [0.3, 0.4) is 0 Å². The van der Waals surface area contributed by atoms with Gasteiger partial charge in [-0.1, -0.05) is 43.1 Å². The Balaban J connectivity index is 2.37. The summed E-state index contributed by atoms with van der Waals surface area (Å²) >= 11 is 3.46. The predicted molar refractivity (Wildman–Crippen MR) is 81.6 cm³/mol. The highest BCUT2D eigenvalue weighted by molar-refractivity contribution is 9.10. The molecule has 0 spiro atoms. The van der Waals surface area contributed by atoms with Crippen molar-refractivity contribution < 1.29 is 4.39 Å². The second-order valence-corrected chi connectivity index (χ2v) is 7.10. The van der Waals surface area contributed by atoms with Crippen LogP contribution < -0.4 is 5.32 Å². The summed E-state index contributed by atoms with van der Waals surface area (Å²) < 4.78 is 15.1. The second-order valence-electron chi connectivity index (χ2n) is 6.19. The van der Waals surface area contributed by atoms with Crippen LogP contribution in [0.25, 0.3) is 0 Å². The summed E-state index contributed by atoms with van der Waals surface area (Å²) in [6, 6.07) is 5.37. The first-order valence-corrected chi connectivity index (χ1v) is 7.93. The topological polar surface area (TPSA) is 12.0 Å².